The van der Waals surface area contributed by atoms with Crippen molar-refractivity contribution in [3.8, 4) is 0 Å². The number of amides is 1. The minimum atomic E-state index is -0.687. The van der Waals surface area contributed by atoms with E-state index in [2.05, 4.69) is 4.74 Å². The van der Waals surface area contributed by atoms with Crippen LogP contribution in [0.3, 0.4) is 0 Å². The first kappa shape index (κ1) is 18.7. The van der Waals surface area contributed by atoms with Gasteiger partial charge in [-0.05, 0) is 31.0 Å². The van der Waals surface area contributed by atoms with Crippen LogP contribution in [-0.2, 0) is 19.1 Å². The third-order valence-corrected chi connectivity index (χ3v) is 4.08. The summed E-state index contributed by atoms with van der Waals surface area (Å²) in [5.74, 6) is -1.95. The largest absolute Gasteiger partial charge is 0.503 e. The van der Waals surface area contributed by atoms with E-state index in [1.807, 2.05) is 0 Å². The monoisotopic (exact) mass is 347 g/mol. The van der Waals surface area contributed by atoms with Crippen molar-refractivity contribution < 1.29 is 29.0 Å². The maximum absolute atomic E-state index is 12.4. The third-order valence-electron chi connectivity index (χ3n) is 4.08. The third kappa shape index (κ3) is 3.71. The predicted octanol–water partition coefficient (Wildman–Crippen LogP) is 1.79. The summed E-state index contributed by atoms with van der Waals surface area (Å²) in [6.07, 6.45) is 0.567. The molecule has 0 saturated carbocycles. The molecule has 0 saturated heterocycles. The van der Waals surface area contributed by atoms with Gasteiger partial charge in [-0.15, -0.1) is 0 Å². The summed E-state index contributed by atoms with van der Waals surface area (Å²) < 4.78 is 9.66. The Balaban J connectivity index is 2.38. The second-order valence-corrected chi connectivity index (χ2v) is 5.68. The highest BCUT2D eigenvalue weighted by molar-refractivity contribution is 6.08. The Labute approximate surface area is 145 Å². The molecule has 1 aliphatic heterocycles. The standard InChI is InChI=1S/C18H21NO6/c1-11(20)14-15(12-5-7-13(8-6-12)18(23)25-3)19(9-4-10-24-2)17(22)16(14)21/h5-8,15,21H,4,9-10H2,1-3H3. The second-order valence-electron chi connectivity index (χ2n) is 5.68. The fourth-order valence-corrected chi connectivity index (χ4v) is 2.89. The van der Waals surface area contributed by atoms with Gasteiger partial charge in [-0.2, -0.15) is 0 Å². The van der Waals surface area contributed by atoms with Crippen molar-refractivity contribution >= 4 is 17.7 Å². The summed E-state index contributed by atoms with van der Waals surface area (Å²) in [6, 6.07) is 5.73. The molecule has 1 N–H and O–H groups in total. The van der Waals surface area contributed by atoms with Crippen LogP contribution in [0.1, 0.15) is 35.3 Å². The van der Waals surface area contributed by atoms with Crippen molar-refractivity contribution in [2.45, 2.75) is 19.4 Å². The fraction of sp³-hybridized carbons (Fsp3) is 0.389. The number of ketones is 1. The lowest BCUT2D eigenvalue weighted by Gasteiger charge is -2.26. The van der Waals surface area contributed by atoms with Crippen molar-refractivity contribution in [3.63, 3.8) is 0 Å². The number of nitrogens with zero attached hydrogens (tertiary/aromatic N) is 1. The Hall–Kier alpha value is -2.67. The molecule has 1 amide bonds. The molecule has 2 rings (SSSR count). The first-order valence-corrected chi connectivity index (χ1v) is 7.84. The quantitative estimate of drug-likeness (QED) is 0.597. The highest BCUT2D eigenvalue weighted by Crippen LogP contribution is 2.37. The van der Waals surface area contributed by atoms with Crippen LogP contribution in [0.2, 0.25) is 0 Å². The smallest absolute Gasteiger partial charge is 0.337 e. The minimum absolute atomic E-state index is 0.0632. The summed E-state index contributed by atoms with van der Waals surface area (Å²) in [4.78, 5) is 37.4. The molecule has 1 aliphatic rings. The van der Waals surface area contributed by atoms with Crippen molar-refractivity contribution in [3.05, 3.63) is 46.7 Å². The van der Waals surface area contributed by atoms with Gasteiger partial charge >= 0.3 is 5.97 Å². The van der Waals surface area contributed by atoms with Crippen LogP contribution in [-0.4, -0.2) is 55.0 Å². The molecule has 0 radical (unpaired) electrons. The van der Waals surface area contributed by atoms with Crippen LogP contribution < -0.4 is 0 Å². The van der Waals surface area contributed by atoms with Crippen LogP contribution in [0.4, 0.5) is 0 Å². The van der Waals surface area contributed by atoms with Gasteiger partial charge in [0.05, 0.1) is 24.3 Å². The van der Waals surface area contributed by atoms with E-state index in [0.717, 1.165) is 0 Å². The summed E-state index contributed by atoms with van der Waals surface area (Å²) >= 11 is 0. The topological polar surface area (TPSA) is 93.1 Å². The minimum Gasteiger partial charge on any atom is -0.503 e. The molecular weight excluding hydrogens is 326 g/mol. The van der Waals surface area contributed by atoms with Gasteiger partial charge in [0.1, 0.15) is 0 Å². The molecule has 0 bridgehead atoms. The number of benzene rings is 1. The lowest BCUT2D eigenvalue weighted by atomic mass is 9.96. The molecule has 134 valence electrons. The first-order valence-electron chi connectivity index (χ1n) is 7.84. The average Bonchev–Trinajstić information content (AvgIpc) is 2.86. The maximum atomic E-state index is 12.4. The van der Waals surface area contributed by atoms with Crippen molar-refractivity contribution in [2.24, 2.45) is 0 Å². The number of aliphatic hydroxyl groups is 1. The van der Waals surface area contributed by atoms with Crippen LogP contribution >= 0.6 is 0 Å². The molecule has 7 nitrogen and oxygen atoms in total. The van der Waals surface area contributed by atoms with E-state index in [0.29, 0.717) is 30.7 Å². The number of Topliss-reactive ketones (excluding diaryl/α,β-unsaturated/α-hetero) is 1. The normalized spacial score (nSPS) is 17.2. The van der Waals surface area contributed by atoms with E-state index in [9.17, 15) is 19.5 Å². The van der Waals surface area contributed by atoms with Gasteiger partial charge in [-0.3, -0.25) is 9.59 Å². The Bertz CT molecular complexity index is 707. The number of rotatable bonds is 7. The summed E-state index contributed by atoms with van der Waals surface area (Å²) in [7, 11) is 2.85. The molecule has 1 unspecified atom stereocenters. The molecule has 0 spiro atoms. The summed E-state index contributed by atoms with van der Waals surface area (Å²) in [5, 5.41) is 10.1. The lowest BCUT2D eigenvalue weighted by Crippen LogP contribution is -2.32. The zero-order valence-electron chi connectivity index (χ0n) is 14.4. The summed E-state index contributed by atoms with van der Waals surface area (Å²) in [5.41, 5.74) is 1.06. The number of methoxy groups -OCH3 is 2. The number of esters is 1. The zero-order chi connectivity index (χ0) is 18.6. The SMILES string of the molecule is COCCCN1C(=O)C(O)=C(C(C)=O)C1c1ccc(C(=O)OC)cc1. The molecule has 1 aromatic carbocycles. The highest BCUT2D eigenvalue weighted by atomic mass is 16.5. The number of aliphatic hydroxyl groups excluding tert-OH is 1. The maximum Gasteiger partial charge on any atom is 0.337 e. The van der Waals surface area contributed by atoms with Crippen LogP contribution in [0.15, 0.2) is 35.6 Å². The van der Waals surface area contributed by atoms with Crippen molar-refractivity contribution in [1.29, 1.82) is 0 Å². The molecule has 1 aromatic rings. The van der Waals surface area contributed by atoms with Gasteiger partial charge in [-0.1, -0.05) is 12.1 Å². The molecule has 7 heteroatoms. The van der Waals surface area contributed by atoms with E-state index in [1.165, 1.54) is 18.9 Å². The number of ether oxygens (including phenoxy) is 2. The molecule has 25 heavy (non-hydrogen) atoms. The van der Waals surface area contributed by atoms with Gasteiger partial charge in [0.25, 0.3) is 5.91 Å². The Morgan fingerprint density at radius 3 is 2.36 bits per heavy atom. The Morgan fingerprint density at radius 1 is 1.20 bits per heavy atom. The van der Waals surface area contributed by atoms with Crippen molar-refractivity contribution in [2.75, 3.05) is 27.4 Å². The number of hydrogen-bond donors (Lipinski definition) is 1. The van der Waals surface area contributed by atoms with Gasteiger partial charge in [0, 0.05) is 20.3 Å². The molecule has 0 fully saturated rings. The van der Waals surface area contributed by atoms with Gasteiger partial charge < -0.3 is 19.5 Å². The van der Waals surface area contributed by atoms with E-state index < -0.39 is 23.7 Å². The Kier molecular flexibility index (Phi) is 5.93. The average molecular weight is 347 g/mol. The van der Waals surface area contributed by atoms with Crippen molar-refractivity contribution in [1.82, 2.24) is 4.90 Å². The van der Waals surface area contributed by atoms with E-state index in [4.69, 9.17) is 4.74 Å². The van der Waals surface area contributed by atoms with E-state index in [1.54, 1.807) is 31.4 Å². The van der Waals surface area contributed by atoms with E-state index >= 15 is 0 Å². The van der Waals surface area contributed by atoms with Crippen LogP contribution in [0.25, 0.3) is 0 Å². The molecule has 0 aromatic heterocycles. The van der Waals surface area contributed by atoms with Crippen LogP contribution in [0, 0.1) is 0 Å². The molecular formula is C18H21NO6. The van der Waals surface area contributed by atoms with E-state index in [-0.39, 0.29) is 11.4 Å². The van der Waals surface area contributed by atoms with Gasteiger partial charge in [0.2, 0.25) is 0 Å². The lowest BCUT2D eigenvalue weighted by molar-refractivity contribution is -0.129. The summed E-state index contributed by atoms with van der Waals surface area (Å²) in [6.45, 7) is 2.10. The van der Waals surface area contributed by atoms with Gasteiger partial charge in [0.15, 0.2) is 11.5 Å². The molecule has 1 heterocycles. The van der Waals surface area contributed by atoms with Gasteiger partial charge in [-0.25, -0.2) is 4.79 Å². The number of carbonyl (C=O) groups excluding carboxylic acids is 3. The fourth-order valence-electron chi connectivity index (χ4n) is 2.89. The predicted molar refractivity (Wildman–Crippen MR) is 89.1 cm³/mol. The molecule has 1 atom stereocenters. The number of carbonyl (C=O) groups is 3. The molecule has 0 aliphatic carbocycles. The Morgan fingerprint density at radius 2 is 1.84 bits per heavy atom. The number of hydrogen-bond acceptors (Lipinski definition) is 6. The first-order chi connectivity index (χ1) is 11.9. The zero-order valence-corrected chi connectivity index (χ0v) is 14.4. The highest BCUT2D eigenvalue weighted by Gasteiger charge is 2.41. The second kappa shape index (κ2) is 7.94. The van der Waals surface area contributed by atoms with Crippen LogP contribution in [0.5, 0.6) is 0 Å².